The first-order chi connectivity index (χ1) is 7.27. The highest BCUT2D eigenvalue weighted by molar-refractivity contribution is 7.13. The van der Waals surface area contributed by atoms with Gasteiger partial charge in [0, 0.05) is 9.90 Å². The summed E-state index contributed by atoms with van der Waals surface area (Å²) in [4.78, 5) is 1.41. The molecule has 0 aliphatic heterocycles. The summed E-state index contributed by atoms with van der Waals surface area (Å²) in [5.74, 6) is 0. The van der Waals surface area contributed by atoms with Crippen LogP contribution in [0, 0.1) is 6.92 Å². The monoisotopic (exact) mass is 234 g/mol. The maximum atomic E-state index is 6.35. The molecule has 1 aromatic heterocycles. The van der Waals surface area contributed by atoms with Crippen molar-refractivity contribution in [1.82, 2.24) is 0 Å². The Morgan fingerprint density at radius 3 is 2.93 bits per heavy atom. The van der Waals surface area contributed by atoms with Gasteiger partial charge in [-0.05, 0) is 53.5 Å². The molecular weight excluding hydrogens is 224 g/mol. The Bertz CT molecular complexity index is 525. The van der Waals surface area contributed by atoms with Crippen molar-refractivity contribution in [2.45, 2.75) is 19.8 Å². The summed E-state index contributed by atoms with van der Waals surface area (Å²) in [6.45, 7) is 2.08. The van der Waals surface area contributed by atoms with Gasteiger partial charge in [0.15, 0.2) is 0 Å². The van der Waals surface area contributed by atoms with E-state index in [1.54, 1.807) is 0 Å². The zero-order valence-corrected chi connectivity index (χ0v) is 10.1. The molecule has 0 saturated carbocycles. The first-order valence-electron chi connectivity index (χ1n) is 5.12. The van der Waals surface area contributed by atoms with Gasteiger partial charge >= 0.3 is 0 Å². The average molecular weight is 235 g/mol. The van der Waals surface area contributed by atoms with E-state index in [9.17, 15) is 0 Å². The quantitative estimate of drug-likeness (QED) is 0.631. The Kier molecular flexibility index (Phi) is 2.11. The summed E-state index contributed by atoms with van der Waals surface area (Å²) in [5.41, 5.74) is 5.36. The van der Waals surface area contributed by atoms with E-state index in [0.717, 1.165) is 17.9 Å². The standard InChI is InChI=1S/C13H11ClS/c1-8-2-4-11-10(12(8)14)5-3-9-6-7-15-13(9)11/h2,4,6-7H,3,5H2,1H3. The van der Waals surface area contributed by atoms with E-state index in [2.05, 4.69) is 30.5 Å². The summed E-state index contributed by atoms with van der Waals surface area (Å²) in [6.07, 6.45) is 2.22. The topological polar surface area (TPSA) is 0 Å². The Balaban J connectivity index is 2.31. The predicted molar refractivity (Wildman–Crippen MR) is 66.9 cm³/mol. The van der Waals surface area contributed by atoms with Crippen molar-refractivity contribution >= 4 is 22.9 Å². The number of thiophene rings is 1. The van der Waals surface area contributed by atoms with Crippen molar-refractivity contribution < 1.29 is 0 Å². The molecule has 15 heavy (non-hydrogen) atoms. The Morgan fingerprint density at radius 1 is 1.20 bits per heavy atom. The molecule has 0 radical (unpaired) electrons. The second kappa shape index (κ2) is 3.36. The average Bonchev–Trinajstić information content (AvgIpc) is 2.71. The second-order valence-corrected chi connectivity index (χ2v) is 5.29. The maximum Gasteiger partial charge on any atom is 0.0473 e. The number of rotatable bonds is 0. The molecule has 76 valence electrons. The van der Waals surface area contributed by atoms with Crippen molar-refractivity contribution in [3.63, 3.8) is 0 Å². The first-order valence-corrected chi connectivity index (χ1v) is 6.38. The van der Waals surface area contributed by atoms with Gasteiger partial charge in [0.2, 0.25) is 0 Å². The molecule has 0 saturated heterocycles. The number of hydrogen-bond acceptors (Lipinski definition) is 1. The van der Waals surface area contributed by atoms with Crippen LogP contribution in [0.4, 0.5) is 0 Å². The lowest BCUT2D eigenvalue weighted by atomic mass is 9.90. The number of fused-ring (bicyclic) bond motifs is 3. The molecule has 0 atom stereocenters. The van der Waals surface area contributed by atoms with Gasteiger partial charge in [0.05, 0.1) is 0 Å². The van der Waals surface area contributed by atoms with Gasteiger partial charge in [-0.15, -0.1) is 11.3 Å². The SMILES string of the molecule is Cc1ccc2c(c1Cl)CCc1ccsc1-2. The van der Waals surface area contributed by atoms with E-state index < -0.39 is 0 Å². The molecule has 0 N–H and O–H groups in total. The van der Waals surface area contributed by atoms with Crippen LogP contribution in [-0.4, -0.2) is 0 Å². The van der Waals surface area contributed by atoms with Crippen LogP contribution in [0.15, 0.2) is 23.6 Å². The molecule has 3 rings (SSSR count). The minimum atomic E-state index is 0.964. The molecule has 0 amide bonds. The van der Waals surface area contributed by atoms with Crippen LogP contribution < -0.4 is 0 Å². The summed E-state index contributed by atoms with van der Waals surface area (Å²) in [6, 6.07) is 6.57. The predicted octanol–water partition coefficient (Wildman–Crippen LogP) is 4.48. The first kappa shape index (κ1) is 9.44. The summed E-state index contributed by atoms with van der Waals surface area (Å²) < 4.78 is 0. The summed E-state index contributed by atoms with van der Waals surface area (Å²) in [5, 5.41) is 3.14. The minimum Gasteiger partial charge on any atom is -0.144 e. The lowest BCUT2D eigenvalue weighted by Gasteiger charge is -2.18. The fourth-order valence-electron chi connectivity index (χ4n) is 2.22. The fraction of sp³-hybridized carbons (Fsp3) is 0.231. The van der Waals surface area contributed by atoms with Gasteiger partial charge in [-0.1, -0.05) is 23.7 Å². The van der Waals surface area contributed by atoms with Crippen molar-refractivity contribution in [3.8, 4) is 10.4 Å². The Labute approximate surface area is 98.5 Å². The smallest absolute Gasteiger partial charge is 0.0473 e. The molecule has 0 bridgehead atoms. The van der Waals surface area contributed by atoms with Crippen LogP contribution in [-0.2, 0) is 12.8 Å². The maximum absolute atomic E-state index is 6.35. The molecule has 1 aliphatic rings. The number of hydrogen-bond donors (Lipinski definition) is 0. The van der Waals surface area contributed by atoms with E-state index >= 15 is 0 Å². The Hall–Kier alpha value is -0.790. The van der Waals surface area contributed by atoms with Crippen molar-refractivity contribution in [1.29, 1.82) is 0 Å². The lowest BCUT2D eigenvalue weighted by Crippen LogP contribution is -2.02. The van der Waals surface area contributed by atoms with E-state index in [4.69, 9.17) is 11.6 Å². The van der Waals surface area contributed by atoms with Gasteiger partial charge in [-0.2, -0.15) is 0 Å². The minimum absolute atomic E-state index is 0.964. The molecular formula is C13H11ClS. The molecule has 0 nitrogen and oxygen atoms in total. The van der Waals surface area contributed by atoms with Crippen LogP contribution in [0.2, 0.25) is 5.02 Å². The van der Waals surface area contributed by atoms with Gasteiger partial charge in [-0.25, -0.2) is 0 Å². The summed E-state index contributed by atoms with van der Waals surface area (Å²) in [7, 11) is 0. The number of aryl methyl sites for hydroxylation is 2. The third-order valence-electron chi connectivity index (χ3n) is 3.07. The largest absolute Gasteiger partial charge is 0.144 e. The molecule has 1 aliphatic carbocycles. The van der Waals surface area contributed by atoms with Gasteiger partial charge < -0.3 is 0 Å². The van der Waals surface area contributed by atoms with Crippen molar-refractivity contribution in [2.75, 3.05) is 0 Å². The third kappa shape index (κ3) is 1.34. The van der Waals surface area contributed by atoms with Crippen LogP contribution in [0.25, 0.3) is 10.4 Å². The fourth-order valence-corrected chi connectivity index (χ4v) is 3.49. The van der Waals surface area contributed by atoms with E-state index in [1.165, 1.54) is 27.1 Å². The van der Waals surface area contributed by atoms with Gasteiger partial charge in [0.25, 0.3) is 0 Å². The van der Waals surface area contributed by atoms with Gasteiger partial charge in [-0.3, -0.25) is 0 Å². The molecule has 1 heterocycles. The lowest BCUT2D eigenvalue weighted by molar-refractivity contribution is 0.948. The van der Waals surface area contributed by atoms with E-state index in [-0.39, 0.29) is 0 Å². The normalized spacial score (nSPS) is 13.5. The van der Waals surface area contributed by atoms with Crippen LogP contribution in [0.1, 0.15) is 16.7 Å². The van der Waals surface area contributed by atoms with Crippen LogP contribution in [0.5, 0.6) is 0 Å². The molecule has 1 aromatic carbocycles. The van der Waals surface area contributed by atoms with Crippen molar-refractivity contribution in [3.05, 3.63) is 45.3 Å². The number of halogens is 1. The molecule has 0 spiro atoms. The number of benzene rings is 1. The van der Waals surface area contributed by atoms with Crippen LogP contribution in [0.3, 0.4) is 0 Å². The second-order valence-electron chi connectivity index (χ2n) is 4.00. The summed E-state index contributed by atoms with van der Waals surface area (Å²) >= 11 is 8.17. The molecule has 0 unspecified atom stereocenters. The highest BCUT2D eigenvalue weighted by Gasteiger charge is 2.19. The third-order valence-corrected chi connectivity index (χ3v) is 4.59. The van der Waals surface area contributed by atoms with E-state index in [1.807, 2.05) is 11.3 Å². The highest BCUT2D eigenvalue weighted by atomic mass is 35.5. The molecule has 2 heteroatoms. The van der Waals surface area contributed by atoms with Crippen molar-refractivity contribution in [2.24, 2.45) is 0 Å². The molecule has 0 fully saturated rings. The highest BCUT2D eigenvalue weighted by Crippen LogP contribution is 2.40. The zero-order chi connectivity index (χ0) is 10.4. The van der Waals surface area contributed by atoms with Crippen LogP contribution >= 0.6 is 22.9 Å². The Morgan fingerprint density at radius 2 is 2.07 bits per heavy atom. The van der Waals surface area contributed by atoms with E-state index in [0.29, 0.717) is 0 Å². The molecule has 2 aromatic rings. The zero-order valence-electron chi connectivity index (χ0n) is 8.51. The van der Waals surface area contributed by atoms with Gasteiger partial charge in [0.1, 0.15) is 0 Å².